The lowest BCUT2D eigenvalue weighted by Crippen LogP contribution is -2.29. The molecular formula is C14H14Br2N2OS. The molecule has 0 fully saturated rings. The van der Waals surface area contributed by atoms with E-state index in [9.17, 15) is 0 Å². The summed E-state index contributed by atoms with van der Waals surface area (Å²) in [5.74, 6) is 6.77. The number of halogens is 2. The second-order valence-electron chi connectivity index (χ2n) is 4.74. The Bertz CT molecular complexity index is 630. The lowest BCUT2D eigenvalue weighted by Gasteiger charge is -2.16. The third-order valence-electron chi connectivity index (χ3n) is 3.38. The predicted octanol–water partition coefficient (Wildman–Crippen LogP) is 3.96. The first kappa shape index (κ1) is 14.5. The highest BCUT2D eigenvalue weighted by Crippen LogP contribution is 2.36. The average Bonchev–Trinajstić information content (AvgIpc) is 3.04. The Morgan fingerprint density at radius 2 is 2.15 bits per heavy atom. The Labute approximate surface area is 138 Å². The molecular weight excluding hydrogens is 404 g/mol. The van der Waals surface area contributed by atoms with Crippen LogP contribution in [0.5, 0.6) is 5.75 Å². The van der Waals surface area contributed by atoms with Gasteiger partial charge in [-0.1, -0.05) is 15.9 Å². The highest BCUT2D eigenvalue weighted by molar-refractivity contribution is 9.10. The molecule has 1 unspecified atom stereocenters. The van der Waals surface area contributed by atoms with Gasteiger partial charge < -0.3 is 4.74 Å². The largest absolute Gasteiger partial charge is 0.493 e. The van der Waals surface area contributed by atoms with E-state index in [1.807, 2.05) is 0 Å². The van der Waals surface area contributed by atoms with E-state index in [4.69, 9.17) is 10.6 Å². The molecule has 0 saturated heterocycles. The molecule has 0 aliphatic carbocycles. The Morgan fingerprint density at radius 1 is 1.30 bits per heavy atom. The number of benzene rings is 1. The van der Waals surface area contributed by atoms with E-state index in [-0.39, 0.29) is 6.04 Å². The van der Waals surface area contributed by atoms with Gasteiger partial charge in [0.15, 0.2) is 0 Å². The molecule has 1 aromatic heterocycles. The molecule has 1 aliphatic rings. The molecule has 0 amide bonds. The van der Waals surface area contributed by atoms with E-state index in [1.54, 1.807) is 11.3 Å². The molecule has 1 atom stereocenters. The second-order valence-corrected chi connectivity index (χ2v) is 7.52. The Hall–Kier alpha value is -0.400. The van der Waals surface area contributed by atoms with Crippen LogP contribution in [0.3, 0.4) is 0 Å². The van der Waals surface area contributed by atoms with Crippen molar-refractivity contribution >= 4 is 43.2 Å². The molecule has 2 aromatic rings. The van der Waals surface area contributed by atoms with E-state index in [1.165, 1.54) is 16.0 Å². The van der Waals surface area contributed by atoms with Crippen molar-refractivity contribution in [2.45, 2.75) is 18.9 Å². The number of nitrogens with two attached hydrogens (primary N) is 1. The maximum Gasteiger partial charge on any atom is 0.125 e. The highest BCUT2D eigenvalue weighted by atomic mass is 79.9. The minimum Gasteiger partial charge on any atom is -0.493 e. The summed E-state index contributed by atoms with van der Waals surface area (Å²) in [7, 11) is 0. The molecule has 3 nitrogen and oxygen atoms in total. The van der Waals surface area contributed by atoms with Gasteiger partial charge in [0.1, 0.15) is 5.75 Å². The summed E-state index contributed by atoms with van der Waals surface area (Å²) in [4.78, 5) is 1.21. The number of hydrazine groups is 1. The molecule has 2 heterocycles. The summed E-state index contributed by atoms with van der Waals surface area (Å²) in [6.07, 6.45) is 1.79. The van der Waals surface area contributed by atoms with Gasteiger partial charge in [0, 0.05) is 25.6 Å². The van der Waals surface area contributed by atoms with Crippen molar-refractivity contribution < 1.29 is 4.74 Å². The number of fused-ring (bicyclic) bond motifs is 1. The maximum atomic E-state index is 5.78. The minimum atomic E-state index is 0.0916. The summed E-state index contributed by atoms with van der Waals surface area (Å²) in [5, 5.41) is 2.07. The van der Waals surface area contributed by atoms with Crippen molar-refractivity contribution in [2.75, 3.05) is 6.61 Å². The zero-order chi connectivity index (χ0) is 14.1. The van der Waals surface area contributed by atoms with E-state index in [0.29, 0.717) is 0 Å². The van der Waals surface area contributed by atoms with Crippen molar-refractivity contribution in [1.29, 1.82) is 0 Å². The molecule has 106 valence electrons. The van der Waals surface area contributed by atoms with Crippen LogP contribution in [-0.4, -0.2) is 6.61 Å². The van der Waals surface area contributed by atoms with Crippen LogP contribution >= 0.6 is 43.2 Å². The lowest BCUT2D eigenvalue weighted by molar-refractivity contribution is 0.351. The standard InChI is InChI=1S/C14H14Br2N2OS/c15-10-3-8-1-2-19-14(8)9(4-10)5-12(18-17)13-6-11(16)7-20-13/h3-4,6-7,12,18H,1-2,5,17H2. The van der Waals surface area contributed by atoms with Gasteiger partial charge >= 0.3 is 0 Å². The third kappa shape index (κ3) is 2.94. The van der Waals surface area contributed by atoms with Gasteiger partial charge in [-0.2, -0.15) is 0 Å². The molecule has 0 bridgehead atoms. The molecule has 0 saturated carbocycles. The smallest absolute Gasteiger partial charge is 0.125 e. The van der Waals surface area contributed by atoms with Gasteiger partial charge in [-0.05, 0) is 51.7 Å². The molecule has 20 heavy (non-hydrogen) atoms. The number of rotatable bonds is 4. The van der Waals surface area contributed by atoms with Crippen molar-refractivity contribution in [2.24, 2.45) is 5.84 Å². The van der Waals surface area contributed by atoms with Gasteiger partial charge in [-0.3, -0.25) is 11.3 Å². The van der Waals surface area contributed by atoms with Crippen molar-refractivity contribution in [3.05, 3.63) is 48.5 Å². The SMILES string of the molecule is NNC(Cc1cc(Br)cc2c1OCC2)c1cc(Br)cs1. The van der Waals surface area contributed by atoms with Crippen LogP contribution in [0.25, 0.3) is 0 Å². The van der Waals surface area contributed by atoms with Crippen LogP contribution in [0.15, 0.2) is 32.5 Å². The van der Waals surface area contributed by atoms with Crippen molar-refractivity contribution in [3.63, 3.8) is 0 Å². The molecule has 1 aromatic carbocycles. The fourth-order valence-corrected chi connectivity index (χ4v) is 4.53. The zero-order valence-corrected chi connectivity index (χ0v) is 14.6. The number of nitrogens with one attached hydrogen (secondary N) is 1. The summed E-state index contributed by atoms with van der Waals surface area (Å²) in [6, 6.07) is 6.46. The Balaban J connectivity index is 1.90. The minimum absolute atomic E-state index is 0.0916. The summed E-state index contributed by atoms with van der Waals surface area (Å²) < 4.78 is 7.96. The van der Waals surface area contributed by atoms with Crippen LogP contribution in [0.4, 0.5) is 0 Å². The fraction of sp³-hybridized carbons (Fsp3) is 0.286. The normalized spacial score (nSPS) is 14.9. The molecule has 0 radical (unpaired) electrons. The van der Waals surface area contributed by atoms with Gasteiger partial charge in [0.05, 0.1) is 12.6 Å². The van der Waals surface area contributed by atoms with Gasteiger partial charge in [-0.15, -0.1) is 11.3 Å². The molecule has 3 N–H and O–H groups in total. The summed E-state index contributed by atoms with van der Waals surface area (Å²) in [6.45, 7) is 0.768. The van der Waals surface area contributed by atoms with Crippen molar-refractivity contribution in [1.82, 2.24) is 5.43 Å². The molecule has 1 aliphatic heterocycles. The zero-order valence-electron chi connectivity index (χ0n) is 10.7. The van der Waals surface area contributed by atoms with E-state index in [2.05, 4.69) is 60.9 Å². The van der Waals surface area contributed by atoms with Gasteiger partial charge in [0.25, 0.3) is 0 Å². The van der Waals surface area contributed by atoms with Crippen LogP contribution in [0.1, 0.15) is 22.0 Å². The molecule has 3 rings (SSSR count). The van der Waals surface area contributed by atoms with Crippen LogP contribution in [-0.2, 0) is 12.8 Å². The Morgan fingerprint density at radius 3 is 2.85 bits per heavy atom. The number of ether oxygens (including phenoxy) is 1. The number of hydrogen-bond acceptors (Lipinski definition) is 4. The first-order chi connectivity index (χ1) is 9.67. The highest BCUT2D eigenvalue weighted by Gasteiger charge is 2.21. The van der Waals surface area contributed by atoms with Gasteiger partial charge in [-0.25, -0.2) is 0 Å². The van der Waals surface area contributed by atoms with Crippen LogP contribution in [0.2, 0.25) is 0 Å². The average molecular weight is 418 g/mol. The molecule has 0 spiro atoms. The van der Waals surface area contributed by atoms with E-state index in [0.717, 1.165) is 34.1 Å². The monoisotopic (exact) mass is 416 g/mol. The van der Waals surface area contributed by atoms with Crippen LogP contribution in [0, 0.1) is 0 Å². The lowest BCUT2D eigenvalue weighted by atomic mass is 10.0. The fourth-order valence-electron chi connectivity index (χ4n) is 2.47. The molecule has 6 heteroatoms. The van der Waals surface area contributed by atoms with E-state index < -0.39 is 0 Å². The Kier molecular flexibility index (Phi) is 4.47. The quantitative estimate of drug-likeness (QED) is 0.584. The first-order valence-corrected chi connectivity index (χ1v) is 8.78. The van der Waals surface area contributed by atoms with Crippen molar-refractivity contribution in [3.8, 4) is 5.75 Å². The van der Waals surface area contributed by atoms with E-state index >= 15 is 0 Å². The maximum absolute atomic E-state index is 5.78. The van der Waals surface area contributed by atoms with Crippen LogP contribution < -0.4 is 16.0 Å². The topological polar surface area (TPSA) is 47.3 Å². The first-order valence-electron chi connectivity index (χ1n) is 6.31. The number of thiophene rings is 1. The summed E-state index contributed by atoms with van der Waals surface area (Å²) in [5.41, 5.74) is 5.38. The summed E-state index contributed by atoms with van der Waals surface area (Å²) >= 11 is 8.76. The van der Waals surface area contributed by atoms with Gasteiger partial charge in [0.2, 0.25) is 0 Å². The second kappa shape index (κ2) is 6.15. The number of hydrogen-bond donors (Lipinski definition) is 2. The third-order valence-corrected chi connectivity index (χ3v) is 5.65. The predicted molar refractivity (Wildman–Crippen MR) is 89.1 cm³/mol.